The second-order valence-electron chi connectivity index (χ2n) is 6.64. The van der Waals surface area contributed by atoms with Gasteiger partial charge in [-0.3, -0.25) is 9.59 Å². The fourth-order valence-electron chi connectivity index (χ4n) is 3.21. The first-order chi connectivity index (χ1) is 13.6. The molecule has 0 atom stereocenters. The van der Waals surface area contributed by atoms with Crippen molar-refractivity contribution in [3.05, 3.63) is 70.6 Å². The van der Waals surface area contributed by atoms with E-state index in [1.807, 2.05) is 53.2 Å². The highest BCUT2D eigenvalue weighted by Gasteiger charge is 2.16. The van der Waals surface area contributed by atoms with Gasteiger partial charge >= 0.3 is 5.97 Å². The summed E-state index contributed by atoms with van der Waals surface area (Å²) in [4.78, 5) is 26.0. The lowest BCUT2D eigenvalue weighted by molar-refractivity contribution is -0.151. The summed E-state index contributed by atoms with van der Waals surface area (Å²) in [5, 5.41) is 6.98. The van der Waals surface area contributed by atoms with Crippen LogP contribution >= 0.6 is 11.3 Å². The third-order valence-corrected chi connectivity index (χ3v) is 5.39. The van der Waals surface area contributed by atoms with E-state index in [1.165, 1.54) is 0 Å². The van der Waals surface area contributed by atoms with Gasteiger partial charge in [0.05, 0.1) is 12.7 Å². The molecule has 0 aliphatic carbocycles. The molecule has 1 amide bonds. The van der Waals surface area contributed by atoms with E-state index in [1.54, 1.807) is 29.5 Å². The van der Waals surface area contributed by atoms with E-state index in [0.717, 1.165) is 32.9 Å². The maximum atomic E-state index is 12.3. The number of likely N-dealkylation sites (N-methyl/N-ethyl adjacent to an activating group) is 1. The molecule has 2 aromatic carbocycles. The SMILES string of the molecule is CN(Cc1ccsc1)C(=O)COC(=O)Cc1coc2ccc3ccccc3c12. The van der Waals surface area contributed by atoms with Gasteiger partial charge in [0.15, 0.2) is 6.61 Å². The highest BCUT2D eigenvalue weighted by molar-refractivity contribution is 7.07. The van der Waals surface area contributed by atoms with Crippen molar-refractivity contribution in [3.63, 3.8) is 0 Å². The number of esters is 1. The number of carbonyl (C=O) groups excluding carboxylic acids is 2. The summed E-state index contributed by atoms with van der Waals surface area (Å²) in [5.41, 5.74) is 2.55. The molecule has 0 aliphatic heterocycles. The molecule has 0 bridgehead atoms. The molecule has 0 unspecified atom stereocenters. The summed E-state index contributed by atoms with van der Waals surface area (Å²) in [6.07, 6.45) is 1.64. The molecular formula is C22H19NO4S. The van der Waals surface area contributed by atoms with Crippen LogP contribution in [0.1, 0.15) is 11.1 Å². The summed E-state index contributed by atoms with van der Waals surface area (Å²) in [6, 6.07) is 13.8. The number of thiophene rings is 1. The average molecular weight is 393 g/mol. The van der Waals surface area contributed by atoms with Gasteiger partial charge in [-0.25, -0.2) is 0 Å². The van der Waals surface area contributed by atoms with E-state index in [2.05, 4.69) is 0 Å². The fraction of sp³-hybridized carbons (Fsp3) is 0.182. The van der Waals surface area contributed by atoms with Gasteiger partial charge in [-0.1, -0.05) is 30.3 Å². The molecule has 6 heteroatoms. The maximum Gasteiger partial charge on any atom is 0.310 e. The first-order valence-electron chi connectivity index (χ1n) is 8.90. The zero-order valence-corrected chi connectivity index (χ0v) is 16.2. The molecule has 0 aliphatic rings. The maximum absolute atomic E-state index is 12.3. The second kappa shape index (κ2) is 7.86. The molecule has 28 heavy (non-hydrogen) atoms. The number of hydrogen-bond acceptors (Lipinski definition) is 5. The van der Waals surface area contributed by atoms with Crippen LogP contribution in [0.15, 0.2) is 63.9 Å². The Morgan fingerprint density at radius 2 is 2.00 bits per heavy atom. The van der Waals surface area contributed by atoms with Crippen molar-refractivity contribution in [3.8, 4) is 0 Å². The molecule has 5 nitrogen and oxygen atoms in total. The van der Waals surface area contributed by atoms with Crippen LogP contribution in [0.25, 0.3) is 21.7 Å². The highest BCUT2D eigenvalue weighted by Crippen LogP contribution is 2.30. The normalized spacial score (nSPS) is 11.0. The van der Waals surface area contributed by atoms with Crippen molar-refractivity contribution >= 4 is 45.0 Å². The standard InChI is InChI=1S/C22H19NO4S/c1-23(11-15-8-9-28-14-15)20(24)13-27-21(25)10-17-12-26-19-7-6-16-4-2-3-5-18(16)22(17)19/h2-9,12,14H,10-11,13H2,1H3. The number of ether oxygens (including phenoxy) is 1. The molecule has 2 heterocycles. The number of hydrogen-bond donors (Lipinski definition) is 0. The lowest BCUT2D eigenvalue weighted by atomic mass is 10.0. The molecule has 0 saturated heterocycles. The zero-order chi connectivity index (χ0) is 19.5. The van der Waals surface area contributed by atoms with Crippen LogP contribution in [-0.4, -0.2) is 30.4 Å². The van der Waals surface area contributed by atoms with Gasteiger partial charge in [-0.2, -0.15) is 11.3 Å². The number of fused-ring (bicyclic) bond motifs is 3. The average Bonchev–Trinajstić information content (AvgIpc) is 3.36. The Hall–Kier alpha value is -3.12. The Kier molecular flexibility index (Phi) is 5.12. The Morgan fingerprint density at radius 1 is 1.14 bits per heavy atom. The van der Waals surface area contributed by atoms with Crippen LogP contribution in [0.5, 0.6) is 0 Å². The molecule has 4 aromatic rings. The Morgan fingerprint density at radius 3 is 2.82 bits per heavy atom. The van der Waals surface area contributed by atoms with Crippen LogP contribution in [0, 0.1) is 0 Å². The van der Waals surface area contributed by atoms with Gasteiger partial charge < -0.3 is 14.1 Å². The lowest BCUT2D eigenvalue weighted by Gasteiger charge is -2.16. The number of furan rings is 1. The monoisotopic (exact) mass is 393 g/mol. The van der Waals surface area contributed by atoms with Crippen molar-refractivity contribution in [2.24, 2.45) is 0 Å². The molecule has 0 saturated carbocycles. The summed E-state index contributed by atoms with van der Waals surface area (Å²) in [6.45, 7) is 0.230. The Bertz CT molecular complexity index is 1130. The molecule has 0 radical (unpaired) electrons. The van der Waals surface area contributed by atoms with Crippen molar-refractivity contribution in [2.75, 3.05) is 13.7 Å². The van der Waals surface area contributed by atoms with E-state index in [4.69, 9.17) is 9.15 Å². The Balaban J connectivity index is 1.41. The summed E-state index contributed by atoms with van der Waals surface area (Å²) in [7, 11) is 1.70. The topological polar surface area (TPSA) is 59.8 Å². The third-order valence-electron chi connectivity index (χ3n) is 4.66. The first-order valence-corrected chi connectivity index (χ1v) is 9.84. The summed E-state index contributed by atoms with van der Waals surface area (Å²) in [5.74, 6) is -0.685. The highest BCUT2D eigenvalue weighted by atomic mass is 32.1. The fourth-order valence-corrected chi connectivity index (χ4v) is 3.87. The van der Waals surface area contributed by atoms with Crippen molar-refractivity contribution in [2.45, 2.75) is 13.0 Å². The minimum Gasteiger partial charge on any atom is -0.464 e. The molecule has 0 spiro atoms. The smallest absolute Gasteiger partial charge is 0.310 e. The van der Waals surface area contributed by atoms with Gasteiger partial charge in [-0.05, 0) is 39.2 Å². The lowest BCUT2D eigenvalue weighted by Crippen LogP contribution is -2.30. The Labute approximate surface area is 166 Å². The molecule has 0 fully saturated rings. The van der Waals surface area contributed by atoms with Crippen LogP contribution < -0.4 is 0 Å². The number of carbonyl (C=O) groups is 2. The second-order valence-corrected chi connectivity index (χ2v) is 7.42. The number of nitrogens with zero attached hydrogens (tertiary/aromatic N) is 1. The number of rotatable bonds is 6. The van der Waals surface area contributed by atoms with Gasteiger partial charge in [0, 0.05) is 24.5 Å². The number of amides is 1. The minimum absolute atomic E-state index is 0.0581. The summed E-state index contributed by atoms with van der Waals surface area (Å²) >= 11 is 1.58. The number of benzene rings is 2. The van der Waals surface area contributed by atoms with Crippen molar-refractivity contribution < 1.29 is 18.7 Å². The van der Waals surface area contributed by atoms with Crippen molar-refractivity contribution in [1.29, 1.82) is 0 Å². The van der Waals surface area contributed by atoms with Crippen LogP contribution in [-0.2, 0) is 27.3 Å². The molecule has 2 aromatic heterocycles. The van der Waals surface area contributed by atoms with Gasteiger partial charge in [-0.15, -0.1) is 0 Å². The predicted octanol–water partition coefficient (Wildman–Crippen LogP) is 4.39. The minimum atomic E-state index is -0.451. The van der Waals surface area contributed by atoms with Gasteiger partial charge in [0.25, 0.3) is 5.91 Å². The first kappa shape index (κ1) is 18.3. The van der Waals surface area contributed by atoms with E-state index in [-0.39, 0.29) is 18.9 Å². The molecule has 0 N–H and O–H groups in total. The van der Waals surface area contributed by atoms with E-state index in [9.17, 15) is 9.59 Å². The van der Waals surface area contributed by atoms with Crippen LogP contribution in [0.4, 0.5) is 0 Å². The quantitative estimate of drug-likeness (QED) is 0.456. The predicted molar refractivity (Wildman–Crippen MR) is 109 cm³/mol. The van der Waals surface area contributed by atoms with Crippen LogP contribution in [0.3, 0.4) is 0 Å². The summed E-state index contributed by atoms with van der Waals surface area (Å²) < 4.78 is 10.8. The van der Waals surface area contributed by atoms with E-state index < -0.39 is 5.97 Å². The van der Waals surface area contributed by atoms with E-state index in [0.29, 0.717) is 6.54 Å². The van der Waals surface area contributed by atoms with Gasteiger partial charge in [0.2, 0.25) is 0 Å². The molecular weight excluding hydrogens is 374 g/mol. The van der Waals surface area contributed by atoms with Gasteiger partial charge in [0.1, 0.15) is 5.58 Å². The largest absolute Gasteiger partial charge is 0.464 e. The third kappa shape index (κ3) is 3.77. The van der Waals surface area contributed by atoms with Crippen molar-refractivity contribution in [1.82, 2.24) is 4.90 Å². The zero-order valence-electron chi connectivity index (χ0n) is 15.4. The van der Waals surface area contributed by atoms with Crippen LogP contribution in [0.2, 0.25) is 0 Å². The molecule has 142 valence electrons. The molecule has 4 rings (SSSR count). The van der Waals surface area contributed by atoms with E-state index >= 15 is 0 Å².